The number of nitrogens with zero attached hydrogens (tertiary/aromatic N) is 3. The van der Waals surface area contributed by atoms with Crippen LogP contribution in [0.2, 0.25) is 0 Å². The molecule has 2 saturated heterocycles. The lowest BCUT2D eigenvalue weighted by Gasteiger charge is -2.33. The van der Waals surface area contributed by atoms with E-state index in [-0.39, 0.29) is 12.1 Å². The highest BCUT2D eigenvalue weighted by atomic mass is 16.5. The fourth-order valence-corrected chi connectivity index (χ4v) is 2.96. The molecule has 0 aromatic carbocycles. The highest BCUT2D eigenvalue weighted by Gasteiger charge is 2.23. The van der Waals surface area contributed by atoms with Crippen LogP contribution in [-0.4, -0.2) is 54.8 Å². The minimum absolute atomic E-state index is 0.0283. The molecule has 2 aliphatic rings. The van der Waals surface area contributed by atoms with Gasteiger partial charge in [0.25, 0.3) is 0 Å². The lowest BCUT2D eigenvalue weighted by atomic mass is 10.2. The van der Waals surface area contributed by atoms with Gasteiger partial charge in [0, 0.05) is 32.4 Å². The SMILES string of the molecule is C[C@@H]1COCCN1C(=O)NCc1ccc(N2CCCC2)nc1. The maximum atomic E-state index is 12.2. The van der Waals surface area contributed by atoms with Crippen LogP contribution in [0.25, 0.3) is 0 Å². The fourth-order valence-electron chi connectivity index (χ4n) is 2.96. The van der Waals surface area contributed by atoms with Crippen LogP contribution in [0.3, 0.4) is 0 Å². The quantitative estimate of drug-likeness (QED) is 0.922. The van der Waals surface area contributed by atoms with E-state index in [0.29, 0.717) is 26.3 Å². The lowest BCUT2D eigenvalue weighted by Crippen LogP contribution is -2.51. The summed E-state index contributed by atoms with van der Waals surface area (Å²) in [7, 11) is 0. The third kappa shape index (κ3) is 3.50. The van der Waals surface area contributed by atoms with Crippen molar-refractivity contribution in [3.63, 3.8) is 0 Å². The second kappa shape index (κ2) is 6.96. The first-order chi connectivity index (χ1) is 10.7. The predicted molar refractivity (Wildman–Crippen MR) is 84.9 cm³/mol. The Morgan fingerprint density at radius 3 is 2.86 bits per heavy atom. The topological polar surface area (TPSA) is 57.7 Å². The first-order valence-corrected chi connectivity index (χ1v) is 8.06. The van der Waals surface area contributed by atoms with Gasteiger partial charge in [-0.1, -0.05) is 6.07 Å². The summed E-state index contributed by atoms with van der Waals surface area (Å²) in [5.41, 5.74) is 1.03. The van der Waals surface area contributed by atoms with E-state index in [9.17, 15) is 4.79 Å². The van der Waals surface area contributed by atoms with Gasteiger partial charge in [-0.2, -0.15) is 0 Å². The number of carbonyl (C=O) groups excluding carboxylic acids is 1. The van der Waals surface area contributed by atoms with Gasteiger partial charge in [0.15, 0.2) is 0 Å². The van der Waals surface area contributed by atoms with Gasteiger partial charge in [0.05, 0.1) is 19.3 Å². The molecule has 1 N–H and O–H groups in total. The number of carbonyl (C=O) groups is 1. The van der Waals surface area contributed by atoms with Gasteiger partial charge in [-0.25, -0.2) is 9.78 Å². The number of ether oxygens (including phenoxy) is 1. The molecular formula is C16H24N4O2. The Hall–Kier alpha value is -1.82. The molecule has 2 fully saturated rings. The van der Waals surface area contributed by atoms with E-state index < -0.39 is 0 Å². The molecule has 6 heteroatoms. The van der Waals surface area contributed by atoms with Crippen LogP contribution in [0.15, 0.2) is 18.3 Å². The summed E-state index contributed by atoms with van der Waals surface area (Å²) >= 11 is 0. The summed E-state index contributed by atoms with van der Waals surface area (Å²) in [5.74, 6) is 1.04. The van der Waals surface area contributed by atoms with E-state index in [1.807, 2.05) is 30.2 Å². The summed E-state index contributed by atoms with van der Waals surface area (Å²) in [4.78, 5) is 20.8. The highest BCUT2D eigenvalue weighted by molar-refractivity contribution is 5.74. The van der Waals surface area contributed by atoms with Crippen molar-refractivity contribution >= 4 is 11.8 Å². The Labute approximate surface area is 131 Å². The number of anilines is 1. The van der Waals surface area contributed by atoms with Crippen molar-refractivity contribution in [3.05, 3.63) is 23.9 Å². The Morgan fingerprint density at radius 1 is 1.36 bits per heavy atom. The number of hydrogen-bond acceptors (Lipinski definition) is 4. The fraction of sp³-hybridized carbons (Fsp3) is 0.625. The molecule has 6 nitrogen and oxygen atoms in total. The average Bonchev–Trinajstić information content (AvgIpc) is 3.08. The molecule has 0 radical (unpaired) electrons. The van der Waals surface area contributed by atoms with Crippen molar-refractivity contribution in [1.29, 1.82) is 0 Å². The van der Waals surface area contributed by atoms with Crippen molar-refractivity contribution in [3.8, 4) is 0 Å². The van der Waals surface area contributed by atoms with Crippen LogP contribution in [-0.2, 0) is 11.3 Å². The molecule has 2 aliphatic heterocycles. The maximum absolute atomic E-state index is 12.2. The van der Waals surface area contributed by atoms with Gasteiger partial charge >= 0.3 is 6.03 Å². The number of rotatable bonds is 3. The molecule has 3 rings (SSSR count). The second-order valence-electron chi connectivity index (χ2n) is 5.99. The summed E-state index contributed by atoms with van der Waals surface area (Å²) in [6.45, 7) is 6.58. The van der Waals surface area contributed by atoms with Crippen molar-refractivity contribution in [1.82, 2.24) is 15.2 Å². The number of urea groups is 1. The molecule has 0 saturated carbocycles. The zero-order valence-electron chi connectivity index (χ0n) is 13.1. The first-order valence-electron chi connectivity index (χ1n) is 8.06. The molecule has 1 atom stereocenters. The van der Waals surface area contributed by atoms with Crippen LogP contribution < -0.4 is 10.2 Å². The van der Waals surface area contributed by atoms with E-state index in [4.69, 9.17) is 4.74 Å². The van der Waals surface area contributed by atoms with Gasteiger partial charge in [0.2, 0.25) is 0 Å². The monoisotopic (exact) mass is 304 g/mol. The van der Waals surface area contributed by atoms with Crippen LogP contribution in [0.1, 0.15) is 25.3 Å². The summed E-state index contributed by atoms with van der Waals surface area (Å²) in [6.07, 6.45) is 4.35. The van der Waals surface area contributed by atoms with E-state index in [1.54, 1.807) is 0 Å². The van der Waals surface area contributed by atoms with E-state index in [1.165, 1.54) is 12.8 Å². The molecule has 2 amide bonds. The Kier molecular flexibility index (Phi) is 4.77. The summed E-state index contributed by atoms with van der Waals surface area (Å²) in [6, 6.07) is 4.19. The molecule has 120 valence electrons. The van der Waals surface area contributed by atoms with Crippen LogP contribution in [0.5, 0.6) is 0 Å². The van der Waals surface area contributed by atoms with Crippen molar-refractivity contribution < 1.29 is 9.53 Å². The number of pyridine rings is 1. The zero-order chi connectivity index (χ0) is 15.4. The Bertz CT molecular complexity index is 499. The molecular weight excluding hydrogens is 280 g/mol. The first kappa shape index (κ1) is 15.1. The van der Waals surface area contributed by atoms with Gasteiger partial charge in [-0.05, 0) is 31.4 Å². The standard InChI is InChI=1S/C16H24N4O2/c1-13-12-22-9-8-20(13)16(21)18-11-14-4-5-15(17-10-14)19-6-2-3-7-19/h4-5,10,13H,2-3,6-9,11-12H2,1H3,(H,18,21)/t13-/m1/s1. The van der Waals surface area contributed by atoms with Crippen LogP contribution >= 0.6 is 0 Å². The average molecular weight is 304 g/mol. The van der Waals surface area contributed by atoms with Gasteiger partial charge in [0.1, 0.15) is 5.82 Å². The molecule has 1 aromatic rings. The molecule has 22 heavy (non-hydrogen) atoms. The third-order valence-electron chi connectivity index (χ3n) is 4.31. The minimum atomic E-state index is -0.0283. The predicted octanol–water partition coefficient (Wildman–Crippen LogP) is 1.61. The second-order valence-corrected chi connectivity index (χ2v) is 5.99. The molecule has 3 heterocycles. The number of aromatic nitrogens is 1. The number of morpholine rings is 1. The normalized spacial score (nSPS) is 22.0. The van der Waals surface area contributed by atoms with Gasteiger partial charge in [-0.15, -0.1) is 0 Å². The van der Waals surface area contributed by atoms with Crippen LogP contribution in [0.4, 0.5) is 10.6 Å². The third-order valence-corrected chi connectivity index (χ3v) is 4.31. The van der Waals surface area contributed by atoms with E-state index in [2.05, 4.69) is 15.2 Å². The van der Waals surface area contributed by atoms with E-state index in [0.717, 1.165) is 24.5 Å². The van der Waals surface area contributed by atoms with Gasteiger partial charge < -0.3 is 19.9 Å². The lowest BCUT2D eigenvalue weighted by molar-refractivity contribution is 0.0190. The Balaban J connectivity index is 1.51. The largest absolute Gasteiger partial charge is 0.377 e. The smallest absolute Gasteiger partial charge is 0.318 e. The number of nitrogens with one attached hydrogen (secondary N) is 1. The molecule has 0 spiro atoms. The van der Waals surface area contributed by atoms with Crippen molar-refractivity contribution in [2.24, 2.45) is 0 Å². The zero-order valence-corrected chi connectivity index (χ0v) is 13.1. The minimum Gasteiger partial charge on any atom is -0.377 e. The summed E-state index contributed by atoms with van der Waals surface area (Å²) in [5, 5.41) is 2.97. The summed E-state index contributed by atoms with van der Waals surface area (Å²) < 4.78 is 5.35. The number of hydrogen-bond donors (Lipinski definition) is 1. The molecule has 1 aromatic heterocycles. The number of amides is 2. The highest BCUT2D eigenvalue weighted by Crippen LogP contribution is 2.17. The van der Waals surface area contributed by atoms with Crippen molar-refractivity contribution in [2.45, 2.75) is 32.4 Å². The van der Waals surface area contributed by atoms with Crippen molar-refractivity contribution in [2.75, 3.05) is 37.7 Å². The van der Waals surface area contributed by atoms with Gasteiger partial charge in [-0.3, -0.25) is 0 Å². The van der Waals surface area contributed by atoms with Crippen LogP contribution in [0, 0.1) is 0 Å². The molecule has 0 unspecified atom stereocenters. The molecule has 0 aliphatic carbocycles. The molecule has 0 bridgehead atoms. The Morgan fingerprint density at radius 2 is 2.18 bits per heavy atom. The van der Waals surface area contributed by atoms with E-state index >= 15 is 0 Å². The maximum Gasteiger partial charge on any atom is 0.318 e.